The molecule has 2 amide bonds. The van der Waals surface area contributed by atoms with Crippen molar-refractivity contribution in [1.82, 2.24) is 10.2 Å². The molecule has 1 N–H and O–H groups in total. The molecule has 11 heteroatoms. The Hall–Kier alpha value is -2.00. The number of aryl methyl sites for hydroxylation is 1. The average molecular weight is 563 g/mol. The maximum Gasteiger partial charge on any atom is 0.244 e. The van der Waals surface area contributed by atoms with E-state index in [9.17, 15) is 18.0 Å². The molecule has 0 aliphatic rings. The van der Waals surface area contributed by atoms with Crippen molar-refractivity contribution in [2.75, 3.05) is 23.7 Å². The molecule has 0 aliphatic heterocycles. The van der Waals surface area contributed by atoms with Gasteiger partial charge in [0, 0.05) is 33.7 Å². The summed E-state index contributed by atoms with van der Waals surface area (Å²) in [6, 6.07) is 8.91. The van der Waals surface area contributed by atoms with Crippen molar-refractivity contribution in [2.24, 2.45) is 0 Å². The summed E-state index contributed by atoms with van der Waals surface area (Å²) < 4.78 is 26.4. The summed E-state index contributed by atoms with van der Waals surface area (Å²) in [5.41, 5.74) is 1.38. The van der Waals surface area contributed by atoms with E-state index in [1.807, 2.05) is 6.92 Å². The Morgan fingerprint density at radius 2 is 1.69 bits per heavy atom. The first kappa shape index (κ1) is 29.2. The molecule has 0 aromatic heterocycles. The summed E-state index contributed by atoms with van der Waals surface area (Å²) >= 11 is 18.8. The molecule has 0 radical (unpaired) electrons. The molecule has 0 spiro atoms. The third-order valence-electron chi connectivity index (χ3n) is 5.44. The first-order chi connectivity index (χ1) is 16.4. The molecule has 7 nitrogen and oxygen atoms in total. The molecule has 0 bridgehead atoms. The minimum atomic E-state index is -3.87. The van der Waals surface area contributed by atoms with Gasteiger partial charge >= 0.3 is 0 Å². The van der Waals surface area contributed by atoms with Crippen LogP contribution < -0.4 is 9.62 Å². The van der Waals surface area contributed by atoms with Gasteiger partial charge in [0.1, 0.15) is 12.6 Å². The highest BCUT2D eigenvalue weighted by molar-refractivity contribution is 7.92. The van der Waals surface area contributed by atoms with Crippen LogP contribution in [0, 0.1) is 6.92 Å². The highest BCUT2D eigenvalue weighted by atomic mass is 35.5. The zero-order valence-electron chi connectivity index (χ0n) is 20.1. The summed E-state index contributed by atoms with van der Waals surface area (Å²) in [6.45, 7) is 5.27. The van der Waals surface area contributed by atoms with Crippen LogP contribution in [0.25, 0.3) is 0 Å². The molecular formula is C24H30Cl3N3O4S. The van der Waals surface area contributed by atoms with E-state index in [2.05, 4.69) is 5.32 Å². The molecule has 192 valence electrons. The number of carbonyl (C=O) groups excluding carboxylic acids is 2. The van der Waals surface area contributed by atoms with Gasteiger partial charge in [0.15, 0.2) is 0 Å². The molecule has 0 fully saturated rings. The van der Waals surface area contributed by atoms with Gasteiger partial charge in [-0.15, -0.1) is 0 Å². The lowest BCUT2D eigenvalue weighted by Crippen LogP contribution is -2.52. The van der Waals surface area contributed by atoms with Crippen molar-refractivity contribution in [1.29, 1.82) is 0 Å². The SMILES string of the molecule is CCCNC(=O)C(CC)N(Cc1c(Cl)cccc1Cl)C(=O)CN(c1cc(Cl)ccc1C)S(C)(=O)=O. The highest BCUT2D eigenvalue weighted by Gasteiger charge is 2.32. The molecule has 2 aromatic rings. The van der Waals surface area contributed by atoms with Crippen LogP contribution in [0.5, 0.6) is 0 Å². The predicted molar refractivity (Wildman–Crippen MR) is 143 cm³/mol. The third kappa shape index (κ3) is 7.74. The number of benzene rings is 2. The Morgan fingerprint density at radius 3 is 2.23 bits per heavy atom. The van der Waals surface area contributed by atoms with Gasteiger partial charge in [-0.3, -0.25) is 13.9 Å². The second kappa shape index (κ2) is 12.8. The number of nitrogens with one attached hydrogen (secondary N) is 1. The largest absolute Gasteiger partial charge is 0.354 e. The summed E-state index contributed by atoms with van der Waals surface area (Å²) in [7, 11) is -3.87. The topological polar surface area (TPSA) is 86.8 Å². The lowest BCUT2D eigenvalue weighted by molar-refractivity contribution is -0.140. The number of hydrogen-bond donors (Lipinski definition) is 1. The lowest BCUT2D eigenvalue weighted by Gasteiger charge is -2.33. The first-order valence-electron chi connectivity index (χ1n) is 11.1. The van der Waals surface area contributed by atoms with E-state index in [1.165, 1.54) is 11.0 Å². The predicted octanol–water partition coefficient (Wildman–Crippen LogP) is 5.05. The number of nitrogens with zero attached hydrogens (tertiary/aromatic N) is 2. The van der Waals surface area contributed by atoms with E-state index in [1.54, 1.807) is 44.2 Å². The molecule has 2 rings (SSSR count). The first-order valence-corrected chi connectivity index (χ1v) is 14.1. The number of carbonyl (C=O) groups is 2. The Labute approximate surface area is 222 Å². The fourth-order valence-corrected chi connectivity index (χ4v) is 5.17. The molecule has 0 aliphatic carbocycles. The van der Waals surface area contributed by atoms with Gasteiger partial charge in [-0.1, -0.05) is 60.8 Å². The molecule has 1 unspecified atom stereocenters. The Bertz CT molecular complexity index is 1150. The van der Waals surface area contributed by atoms with Gasteiger partial charge in [0.05, 0.1) is 11.9 Å². The van der Waals surface area contributed by atoms with Gasteiger partial charge in [-0.05, 0) is 49.6 Å². The van der Waals surface area contributed by atoms with E-state index in [0.29, 0.717) is 39.2 Å². The maximum absolute atomic E-state index is 13.7. The average Bonchev–Trinajstić information content (AvgIpc) is 2.78. The number of hydrogen-bond acceptors (Lipinski definition) is 4. The molecule has 0 saturated carbocycles. The third-order valence-corrected chi connectivity index (χ3v) is 7.51. The van der Waals surface area contributed by atoms with Gasteiger partial charge in [-0.25, -0.2) is 8.42 Å². The monoisotopic (exact) mass is 561 g/mol. The van der Waals surface area contributed by atoms with Crippen LogP contribution in [-0.4, -0.2) is 50.5 Å². The Balaban J connectivity index is 2.53. The fraction of sp³-hybridized carbons (Fsp3) is 0.417. The van der Waals surface area contributed by atoms with Crippen LogP contribution in [0.3, 0.4) is 0 Å². The van der Waals surface area contributed by atoms with Crippen molar-refractivity contribution in [3.05, 3.63) is 62.6 Å². The molecule has 0 heterocycles. The molecule has 1 atom stereocenters. The molecule has 0 saturated heterocycles. The normalized spacial score (nSPS) is 12.2. The van der Waals surface area contributed by atoms with Crippen LogP contribution >= 0.6 is 34.8 Å². The van der Waals surface area contributed by atoms with E-state index >= 15 is 0 Å². The van der Waals surface area contributed by atoms with Crippen molar-refractivity contribution in [2.45, 2.75) is 46.2 Å². The number of halogens is 3. The minimum absolute atomic E-state index is 0.0679. The number of anilines is 1. The molecule has 2 aromatic carbocycles. The number of amides is 2. The van der Waals surface area contributed by atoms with E-state index in [0.717, 1.165) is 17.0 Å². The Kier molecular flexibility index (Phi) is 10.7. The summed E-state index contributed by atoms with van der Waals surface area (Å²) in [5, 5.41) is 3.82. The Morgan fingerprint density at radius 1 is 1.06 bits per heavy atom. The second-order valence-electron chi connectivity index (χ2n) is 8.14. The van der Waals surface area contributed by atoms with Crippen LogP contribution in [0.15, 0.2) is 36.4 Å². The molecular weight excluding hydrogens is 533 g/mol. The van der Waals surface area contributed by atoms with Gasteiger partial charge in [-0.2, -0.15) is 0 Å². The zero-order valence-corrected chi connectivity index (χ0v) is 23.2. The van der Waals surface area contributed by atoms with Crippen LogP contribution in [0.4, 0.5) is 5.69 Å². The smallest absolute Gasteiger partial charge is 0.244 e. The van der Waals surface area contributed by atoms with Crippen molar-refractivity contribution < 1.29 is 18.0 Å². The van der Waals surface area contributed by atoms with E-state index in [4.69, 9.17) is 34.8 Å². The van der Waals surface area contributed by atoms with Gasteiger partial charge < -0.3 is 10.2 Å². The van der Waals surface area contributed by atoms with Crippen molar-refractivity contribution in [3.63, 3.8) is 0 Å². The fourth-order valence-electron chi connectivity index (χ4n) is 3.59. The summed E-state index contributed by atoms with van der Waals surface area (Å²) in [4.78, 5) is 28.0. The van der Waals surface area contributed by atoms with E-state index < -0.39 is 28.5 Å². The van der Waals surface area contributed by atoms with Gasteiger partial charge in [0.2, 0.25) is 21.8 Å². The van der Waals surface area contributed by atoms with Crippen LogP contribution in [0.1, 0.15) is 37.8 Å². The van der Waals surface area contributed by atoms with Crippen molar-refractivity contribution >= 4 is 62.3 Å². The summed E-state index contributed by atoms with van der Waals surface area (Å²) in [6.07, 6.45) is 2.04. The second-order valence-corrected chi connectivity index (χ2v) is 11.3. The number of sulfonamides is 1. The van der Waals surface area contributed by atoms with Crippen molar-refractivity contribution in [3.8, 4) is 0 Å². The van der Waals surface area contributed by atoms with Crippen LogP contribution in [-0.2, 0) is 26.2 Å². The standard InChI is InChI=1S/C24H30Cl3N3O4S/c1-5-12-28-24(32)21(6-2)29(14-18-19(26)8-7-9-20(18)27)23(31)15-30(35(4,33)34)22-13-17(25)11-10-16(22)3/h7-11,13,21H,5-6,12,14-15H2,1-4H3,(H,28,32). The zero-order chi connectivity index (χ0) is 26.3. The quantitative estimate of drug-likeness (QED) is 0.415. The lowest BCUT2D eigenvalue weighted by atomic mass is 10.1. The van der Waals surface area contributed by atoms with Crippen LogP contribution in [0.2, 0.25) is 15.1 Å². The van der Waals surface area contributed by atoms with E-state index in [-0.39, 0.29) is 18.1 Å². The van der Waals surface area contributed by atoms with Gasteiger partial charge in [0.25, 0.3) is 0 Å². The highest BCUT2D eigenvalue weighted by Crippen LogP contribution is 2.29. The number of rotatable bonds is 11. The maximum atomic E-state index is 13.7. The summed E-state index contributed by atoms with van der Waals surface area (Å²) in [5.74, 6) is -0.917. The minimum Gasteiger partial charge on any atom is -0.354 e. The molecule has 35 heavy (non-hydrogen) atoms.